The summed E-state index contributed by atoms with van der Waals surface area (Å²) < 4.78 is 53.7. The Labute approximate surface area is 343 Å². The molecule has 2 aliphatic heterocycles. The molecule has 2 atom stereocenters. The molecule has 4 aromatic rings. The van der Waals surface area contributed by atoms with E-state index >= 15 is 0 Å². The molecule has 0 radical (unpaired) electrons. The van der Waals surface area contributed by atoms with Crippen molar-refractivity contribution in [1.29, 1.82) is 0 Å². The van der Waals surface area contributed by atoms with Crippen molar-refractivity contribution in [2.75, 3.05) is 39.4 Å². The van der Waals surface area contributed by atoms with Gasteiger partial charge in [0.15, 0.2) is 0 Å². The molecule has 2 aromatic carbocycles. The van der Waals surface area contributed by atoms with E-state index in [1.165, 1.54) is 53.4 Å². The van der Waals surface area contributed by atoms with Crippen LogP contribution < -0.4 is 18.9 Å². The van der Waals surface area contributed by atoms with Gasteiger partial charge in [0, 0.05) is 38.6 Å². The van der Waals surface area contributed by atoms with E-state index in [2.05, 4.69) is 9.97 Å². The van der Waals surface area contributed by atoms with Crippen LogP contribution in [0.3, 0.4) is 0 Å². The molecule has 0 N–H and O–H groups in total. The number of nitrogens with zero attached hydrogens (tertiary/aromatic N) is 5. The van der Waals surface area contributed by atoms with Gasteiger partial charge in [-0.15, -0.1) is 24.8 Å². The highest BCUT2D eigenvalue weighted by Crippen LogP contribution is 2.22. The maximum absolute atomic E-state index is 13.1. The maximum atomic E-state index is 13.1. The Morgan fingerprint density at radius 3 is 1.61 bits per heavy atom. The van der Waals surface area contributed by atoms with E-state index in [1.807, 2.05) is 6.07 Å². The average Bonchev–Trinajstić information content (AvgIpc) is 3.18. The first-order valence-electron chi connectivity index (χ1n) is 17.9. The third-order valence-electron chi connectivity index (χ3n) is 8.42. The highest BCUT2D eigenvalue weighted by atomic mass is 35.5. The molecule has 57 heavy (non-hydrogen) atoms. The van der Waals surface area contributed by atoms with Gasteiger partial charge in [-0.1, -0.05) is 0 Å². The molecule has 2 aromatic heterocycles. The zero-order valence-corrected chi connectivity index (χ0v) is 33.5. The van der Waals surface area contributed by atoms with E-state index in [4.69, 9.17) is 23.7 Å². The van der Waals surface area contributed by atoms with Crippen molar-refractivity contribution in [1.82, 2.24) is 24.7 Å². The van der Waals surface area contributed by atoms with Crippen molar-refractivity contribution in [2.24, 2.45) is 0 Å². The Morgan fingerprint density at radius 1 is 0.649 bits per heavy atom. The van der Waals surface area contributed by atoms with E-state index in [9.17, 15) is 23.2 Å². The summed E-state index contributed by atoms with van der Waals surface area (Å²) in [6.45, 7) is 7.28. The minimum Gasteiger partial charge on any atom is -0.490 e. The maximum Gasteiger partial charge on any atom is 0.415 e. The van der Waals surface area contributed by atoms with Gasteiger partial charge in [-0.3, -0.25) is 14.9 Å². The van der Waals surface area contributed by atoms with Crippen LogP contribution in [0.15, 0.2) is 97.6 Å². The number of aromatic nitrogens is 2. The molecule has 0 spiro atoms. The Kier molecular flexibility index (Phi) is 18.0. The molecule has 13 nitrogen and oxygen atoms in total. The summed E-state index contributed by atoms with van der Waals surface area (Å²) in [5.74, 6) is 0.995. The topological polar surface area (TPSA) is 133 Å². The monoisotopic (exact) mass is 833 g/mol. The van der Waals surface area contributed by atoms with E-state index in [1.54, 1.807) is 73.6 Å². The summed E-state index contributed by atoms with van der Waals surface area (Å²) in [5.41, 5.74) is -0.628. The van der Waals surface area contributed by atoms with Gasteiger partial charge in [-0.05, 0) is 113 Å². The summed E-state index contributed by atoms with van der Waals surface area (Å²) in [6.07, 6.45) is 7.87. The van der Waals surface area contributed by atoms with Crippen LogP contribution in [0.1, 0.15) is 40.0 Å². The van der Waals surface area contributed by atoms with Gasteiger partial charge in [-0.25, -0.2) is 23.2 Å². The first kappa shape index (κ1) is 46.0. The van der Waals surface area contributed by atoms with Gasteiger partial charge in [0.25, 0.3) is 0 Å². The van der Waals surface area contributed by atoms with Crippen LogP contribution in [0.5, 0.6) is 23.0 Å². The minimum absolute atomic E-state index is 0. The normalized spacial score (nSPS) is 16.3. The summed E-state index contributed by atoms with van der Waals surface area (Å²) in [6, 6.07) is 17.2. The Balaban J connectivity index is 0.000000303. The fraction of sp³-hybridized carbons (Fsp3) is 0.375. The van der Waals surface area contributed by atoms with Gasteiger partial charge >= 0.3 is 18.3 Å². The molecule has 0 aliphatic carbocycles. The quantitative estimate of drug-likeness (QED) is 0.171. The summed E-state index contributed by atoms with van der Waals surface area (Å²) in [7, 11) is 0. The van der Waals surface area contributed by atoms with Crippen LogP contribution in [0.25, 0.3) is 0 Å². The second-order valence-corrected chi connectivity index (χ2v) is 13.8. The minimum atomic E-state index is -0.628. The van der Waals surface area contributed by atoms with Crippen molar-refractivity contribution < 1.29 is 46.8 Å². The standard InChI is InChI=1S/C22H26FN3O5.C18H19FN2O3.2ClH/c1-22(2,3)31-20(27)25-11-12-26(21(28)30-18-8-6-16(23)7-9-18)17(14-25)15-29-19-5-4-10-24-13-19;19-14-6-8-16(9-7-14)24-18(22)21-11-2-1-4-15(21)13-23-17-5-3-10-20-12-17;;/h4-10,13,17H,11-12,14-15H2,1-3H3;3,5-10,12,15H,1-2,4,11,13H2;2*1H. The van der Waals surface area contributed by atoms with E-state index in [0.717, 1.165) is 19.3 Å². The third-order valence-corrected chi connectivity index (χ3v) is 8.42. The molecular weight excluding hydrogens is 787 g/mol. The number of rotatable bonds is 8. The van der Waals surface area contributed by atoms with Gasteiger partial charge in [0.05, 0.1) is 24.5 Å². The SMILES string of the molecule is CC(C)(C)OC(=O)N1CCN(C(=O)Oc2ccc(F)cc2)C(COc2cccnc2)C1.Cl.Cl.O=C(Oc1ccc(F)cc1)N1CCCCC1COc1cccnc1. The largest absolute Gasteiger partial charge is 0.490 e. The number of piperazine rings is 1. The lowest BCUT2D eigenvalue weighted by Gasteiger charge is -2.40. The van der Waals surface area contributed by atoms with Gasteiger partial charge < -0.3 is 33.5 Å². The lowest BCUT2D eigenvalue weighted by Crippen LogP contribution is -2.59. The molecule has 0 bridgehead atoms. The number of piperidine rings is 1. The Hall–Kier alpha value is -5.41. The molecule has 2 saturated heterocycles. The summed E-state index contributed by atoms with van der Waals surface area (Å²) >= 11 is 0. The number of carbonyl (C=O) groups excluding carboxylic acids is 3. The van der Waals surface area contributed by atoms with E-state index < -0.39 is 35.7 Å². The van der Waals surface area contributed by atoms with Gasteiger partial charge in [0.2, 0.25) is 0 Å². The third kappa shape index (κ3) is 14.9. The van der Waals surface area contributed by atoms with Gasteiger partial charge in [-0.2, -0.15) is 0 Å². The average molecular weight is 835 g/mol. The zero-order chi connectivity index (χ0) is 39.2. The first-order valence-corrected chi connectivity index (χ1v) is 17.9. The molecule has 308 valence electrons. The van der Waals surface area contributed by atoms with Crippen LogP contribution in [-0.2, 0) is 4.74 Å². The second-order valence-electron chi connectivity index (χ2n) is 13.8. The fourth-order valence-electron chi connectivity index (χ4n) is 5.72. The molecule has 3 amide bonds. The Morgan fingerprint density at radius 2 is 1.14 bits per heavy atom. The zero-order valence-electron chi connectivity index (χ0n) is 31.8. The Bertz CT molecular complexity index is 1830. The second kappa shape index (κ2) is 22.4. The first-order chi connectivity index (χ1) is 26.4. The van der Waals surface area contributed by atoms with E-state index in [-0.39, 0.29) is 68.7 Å². The number of benzene rings is 2. The van der Waals surface area contributed by atoms with Crippen molar-refractivity contribution in [3.8, 4) is 23.0 Å². The molecule has 0 saturated carbocycles. The van der Waals surface area contributed by atoms with Crippen molar-refractivity contribution in [2.45, 2.75) is 57.7 Å². The number of amides is 3. The highest BCUT2D eigenvalue weighted by molar-refractivity contribution is 5.85. The summed E-state index contributed by atoms with van der Waals surface area (Å²) in [5, 5.41) is 0. The molecule has 17 heteroatoms. The predicted octanol–water partition coefficient (Wildman–Crippen LogP) is 8.22. The number of hydrogen-bond acceptors (Lipinski definition) is 10. The van der Waals surface area contributed by atoms with E-state index in [0.29, 0.717) is 30.4 Å². The smallest absolute Gasteiger partial charge is 0.415 e. The van der Waals surface area contributed by atoms with Crippen LogP contribution in [0.4, 0.5) is 23.2 Å². The van der Waals surface area contributed by atoms with Crippen LogP contribution in [0, 0.1) is 11.6 Å². The van der Waals surface area contributed by atoms with Crippen LogP contribution >= 0.6 is 24.8 Å². The fourth-order valence-corrected chi connectivity index (χ4v) is 5.72. The molecule has 2 aliphatic rings. The molecular formula is C40H47Cl2F2N5O8. The number of halogens is 4. The molecule has 6 rings (SSSR count). The predicted molar refractivity (Wildman–Crippen MR) is 211 cm³/mol. The van der Waals surface area contributed by atoms with Crippen LogP contribution in [-0.4, -0.2) is 100 Å². The molecule has 2 fully saturated rings. The van der Waals surface area contributed by atoms with Crippen molar-refractivity contribution >= 4 is 43.1 Å². The molecule has 2 unspecified atom stereocenters. The number of pyridine rings is 2. The number of ether oxygens (including phenoxy) is 5. The van der Waals surface area contributed by atoms with Crippen LogP contribution in [0.2, 0.25) is 0 Å². The number of likely N-dealkylation sites (tertiary alicyclic amines) is 1. The molecule has 4 heterocycles. The van der Waals surface area contributed by atoms with Crippen molar-refractivity contribution in [3.63, 3.8) is 0 Å². The summed E-state index contributed by atoms with van der Waals surface area (Å²) in [4.78, 5) is 50.5. The highest BCUT2D eigenvalue weighted by Gasteiger charge is 2.36. The number of carbonyl (C=O) groups is 3. The lowest BCUT2D eigenvalue weighted by atomic mass is 10.0. The van der Waals surface area contributed by atoms with Crippen molar-refractivity contribution in [3.05, 3.63) is 109 Å². The number of hydrogen-bond donors (Lipinski definition) is 0. The van der Waals surface area contributed by atoms with Gasteiger partial charge in [0.1, 0.15) is 53.4 Å². The lowest BCUT2D eigenvalue weighted by molar-refractivity contribution is 0.000822.